The van der Waals surface area contributed by atoms with Crippen molar-refractivity contribution < 1.29 is 4.74 Å². The Morgan fingerprint density at radius 3 is 2.79 bits per heavy atom. The van der Waals surface area contributed by atoms with Crippen molar-refractivity contribution in [3.63, 3.8) is 0 Å². The molecule has 1 aromatic heterocycles. The Kier molecular flexibility index (Phi) is 3.29. The van der Waals surface area contributed by atoms with Gasteiger partial charge in [0.1, 0.15) is 0 Å². The Bertz CT molecular complexity index is 599. The number of ether oxygens (including phenoxy) is 1. The van der Waals surface area contributed by atoms with Gasteiger partial charge in [-0.3, -0.25) is 0 Å². The van der Waals surface area contributed by atoms with E-state index in [0.717, 1.165) is 31.1 Å². The maximum atomic E-state index is 6.16. The number of hydrogen-bond acceptors (Lipinski definition) is 2. The van der Waals surface area contributed by atoms with Gasteiger partial charge in [-0.15, -0.1) is 0 Å². The Labute approximate surface area is 118 Å². The third kappa shape index (κ3) is 2.06. The van der Waals surface area contributed by atoms with Crippen LogP contribution in [0.4, 0.5) is 0 Å². The van der Waals surface area contributed by atoms with Crippen LogP contribution in [0, 0.1) is 0 Å². The highest BCUT2D eigenvalue weighted by Gasteiger charge is 2.35. The van der Waals surface area contributed by atoms with Gasteiger partial charge in [0.05, 0.1) is 0 Å². The number of nitrogens with two attached hydrogens (primary N) is 1. The Hall–Kier alpha value is -1.03. The first-order valence-corrected chi connectivity index (χ1v) is 7.07. The van der Waals surface area contributed by atoms with Crippen LogP contribution in [0.5, 0.6) is 0 Å². The molecule has 19 heavy (non-hydrogen) atoms. The van der Waals surface area contributed by atoms with Crippen LogP contribution < -0.4 is 5.73 Å². The van der Waals surface area contributed by atoms with E-state index in [4.69, 9.17) is 22.1 Å². The van der Waals surface area contributed by atoms with Crippen molar-refractivity contribution in [3.05, 3.63) is 35.0 Å². The summed E-state index contributed by atoms with van der Waals surface area (Å²) < 4.78 is 7.66. The maximum Gasteiger partial charge on any atom is 0.0481 e. The van der Waals surface area contributed by atoms with E-state index in [1.54, 1.807) is 0 Å². The summed E-state index contributed by atoms with van der Waals surface area (Å²) in [4.78, 5) is 0. The number of hydrogen-bond donors (Lipinski definition) is 1. The quantitative estimate of drug-likeness (QED) is 0.918. The molecule has 2 heterocycles. The number of fused-ring (bicyclic) bond motifs is 1. The van der Waals surface area contributed by atoms with Gasteiger partial charge in [-0.1, -0.05) is 11.6 Å². The molecule has 0 aliphatic carbocycles. The Balaban J connectivity index is 2.20. The van der Waals surface area contributed by atoms with E-state index < -0.39 is 0 Å². The van der Waals surface area contributed by atoms with Crippen molar-refractivity contribution in [2.45, 2.75) is 18.3 Å². The lowest BCUT2D eigenvalue weighted by atomic mass is 9.74. The lowest BCUT2D eigenvalue weighted by Gasteiger charge is -2.36. The minimum atomic E-state index is 0.0302. The standard InChI is InChI=1S/C15H19ClN2O/c1-18-9-13(12-8-11(16)2-3-14(12)18)15(10-17)4-6-19-7-5-15/h2-3,8-9H,4-7,10,17H2,1H3. The fourth-order valence-electron chi connectivity index (χ4n) is 3.13. The summed E-state index contributed by atoms with van der Waals surface area (Å²) in [7, 11) is 2.07. The highest BCUT2D eigenvalue weighted by molar-refractivity contribution is 6.31. The largest absolute Gasteiger partial charge is 0.381 e. The molecule has 0 saturated carbocycles. The maximum absolute atomic E-state index is 6.16. The zero-order valence-electron chi connectivity index (χ0n) is 11.2. The molecule has 2 N–H and O–H groups in total. The Morgan fingerprint density at radius 1 is 1.37 bits per heavy atom. The normalized spacial score (nSPS) is 18.9. The van der Waals surface area contributed by atoms with E-state index in [0.29, 0.717) is 6.54 Å². The van der Waals surface area contributed by atoms with E-state index in [1.807, 2.05) is 6.07 Å². The number of benzene rings is 1. The van der Waals surface area contributed by atoms with Gasteiger partial charge in [0.15, 0.2) is 0 Å². The average molecular weight is 279 g/mol. The van der Waals surface area contributed by atoms with Gasteiger partial charge in [0.2, 0.25) is 0 Å². The highest BCUT2D eigenvalue weighted by Crippen LogP contribution is 2.39. The van der Waals surface area contributed by atoms with Crippen LogP contribution in [-0.4, -0.2) is 24.3 Å². The molecule has 1 saturated heterocycles. The van der Waals surface area contributed by atoms with Crippen molar-refractivity contribution in [3.8, 4) is 0 Å². The highest BCUT2D eigenvalue weighted by atomic mass is 35.5. The second-order valence-corrected chi connectivity index (χ2v) is 5.85. The monoisotopic (exact) mass is 278 g/mol. The van der Waals surface area contributed by atoms with Crippen LogP contribution in [0.25, 0.3) is 10.9 Å². The third-order valence-electron chi connectivity index (χ3n) is 4.36. The summed E-state index contributed by atoms with van der Waals surface area (Å²) in [5.74, 6) is 0. The fourth-order valence-corrected chi connectivity index (χ4v) is 3.30. The number of nitrogens with zero attached hydrogens (tertiary/aromatic N) is 1. The van der Waals surface area contributed by atoms with Crippen LogP contribution in [0.15, 0.2) is 24.4 Å². The molecule has 0 radical (unpaired) electrons. The third-order valence-corrected chi connectivity index (χ3v) is 4.60. The van der Waals surface area contributed by atoms with Gasteiger partial charge >= 0.3 is 0 Å². The number of aryl methyl sites for hydroxylation is 1. The van der Waals surface area contributed by atoms with E-state index in [9.17, 15) is 0 Å². The zero-order chi connectivity index (χ0) is 13.5. The summed E-state index contributed by atoms with van der Waals surface area (Å²) in [5.41, 5.74) is 8.67. The van der Waals surface area contributed by atoms with Crippen molar-refractivity contribution >= 4 is 22.5 Å². The lowest BCUT2D eigenvalue weighted by Crippen LogP contribution is -2.40. The molecule has 0 amide bonds. The SMILES string of the molecule is Cn1cc(C2(CN)CCOCC2)c2cc(Cl)ccc21. The summed E-state index contributed by atoms with van der Waals surface area (Å²) in [6.45, 7) is 2.23. The lowest BCUT2D eigenvalue weighted by molar-refractivity contribution is 0.0534. The van der Waals surface area contributed by atoms with Gasteiger partial charge in [0, 0.05) is 54.3 Å². The molecule has 3 nitrogen and oxygen atoms in total. The smallest absolute Gasteiger partial charge is 0.0481 e. The van der Waals surface area contributed by atoms with Crippen LogP contribution in [-0.2, 0) is 17.2 Å². The summed E-state index contributed by atoms with van der Waals surface area (Å²) >= 11 is 6.16. The molecule has 0 bridgehead atoms. The minimum Gasteiger partial charge on any atom is -0.381 e. The minimum absolute atomic E-state index is 0.0302. The molecule has 102 valence electrons. The second kappa shape index (κ2) is 4.82. The first-order chi connectivity index (χ1) is 9.16. The van der Waals surface area contributed by atoms with Gasteiger partial charge in [0.25, 0.3) is 0 Å². The van der Waals surface area contributed by atoms with E-state index in [2.05, 4.69) is 29.9 Å². The molecule has 0 spiro atoms. The average Bonchev–Trinajstić information content (AvgIpc) is 2.77. The molecule has 1 aliphatic heterocycles. The van der Waals surface area contributed by atoms with Crippen molar-refractivity contribution in [2.24, 2.45) is 12.8 Å². The molecule has 1 aromatic carbocycles. The van der Waals surface area contributed by atoms with Crippen molar-refractivity contribution in [1.82, 2.24) is 4.57 Å². The second-order valence-electron chi connectivity index (χ2n) is 5.41. The summed E-state index contributed by atoms with van der Waals surface area (Å²) in [6.07, 6.45) is 4.17. The van der Waals surface area contributed by atoms with Gasteiger partial charge in [-0.2, -0.15) is 0 Å². The summed E-state index contributed by atoms with van der Waals surface area (Å²) in [6, 6.07) is 6.07. The molecular weight excluding hydrogens is 260 g/mol. The first kappa shape index (κ1) is 13.0. The molecule has 0 unspecified atom stereocenters. The fraction of sp³-hybridized carbons (Fsp3) is 0.467. The first-order valence-electron chi connectivity index (χ1n) is 6.69. The van der Waals surface area contributed by atoms with E-state index >= 15 is 0 Å². The Morgan fingerprint density at radius 2 is 2.11 bits per heavy atom. The topological polar surface area (TPSA) is 40.2 Å². The van der Waals surface area contributed by atoms with Crippen LogP contribution in [0.2, 0.25) is 5.02 Å². The van der Waals surface area contributed by atoms with Crippen LogP contribution >= 0.6 is 11.6 Å². The number of halogens is 1. The van der Waals surface area contributed by atoms with Crippen molar-refractivity contribution in [2.75, 3.05) is 19.8 Å². The molecule has 0 atom stereocenters. The van der Waals surface area contributed by atoms with Crippen LogP contribution in [0.3, 0.4) is 0 Å². The number of rotatable bonds is 2. The van der Waals surface area contributed by atoms with Crippen LogP contribution in [0.1, 0.15) is 18.4 Å². The molecule has 2 aromatic rings. The van der Waals surface area contributed by atoms with Gasteiger partial charge in [-0.25, -0.2) is 0 Å². The predicted molar refractivity (Wildman–Crippen MR) is 78.7 cm³/mol. The molecule has 1 fully saturated rings. The number of aromatic nitrogens is 1. The molecular formula is C15H19ClN2O. The predicted octanol–water partition coefficient (Wildman–Crippen LogP) is 2.84. The molecule has 4 heteroatoms. The molecule has 3 rings (SSSR count). The molecule has 1 aliphatic rings. The van der Waals surface area contributed by atoms with Gasteiger partial charge < -0.3 is 15.0 Å². The zero-order valence-corrected chi connectivity index (χ0v) is 11.9. The van der Waals surface area contributed by atoms with Gasteiger partial charge in [-0.05, 0) is 36.6 Å². The summed E-state index contributed by atoms with van der Waals surface area (Å²) in [5, 5.41) is 2.00. The van der Waals surface area contributed by atoms with E-state index in [-0.39, 0.29) is 5.41 Å². The van der Waals surface area contributed by atoms with Crippen molar-refractivity contribution in [1.29, 1.82) is 0 Å². The van der Waals surface area contributed by atoms with E-state index in [1.165, 1.54) is 16.5 Å².